The number of amides is 1. The molecule has 2 aliphatic heterocycles. The summed E-state index contributed by atoms with van der Waals surface area (Å²) in [4.78, 5) is 13.5. The molecule has 28 heavy (non-hydrogen) atoms. The van der Waals surface area contributed by atoms with Gasteiger partial charge in [-0.3, -0.25) is 18.7 Å². The molecule has 2 heterocycles. The third-order valence-electron chi connectivity index (χ3n) is 5.59. The van der Waals surface area contributed by atoms with Gasteiger partial charge in [-0.05, 0) is 47.8 Å². The lowest BCUT2D eigenvalue weighted by atomic mass is 9.68. The van der Waals surface area contributed by atoms with Crippen molar-refractivity contribution in [3.63, 3.8) is 0 Å². The van der Waals surface area contributed by atoms with Gasteiger partial charge in [-0.1, -0.05) is 26.8 Å². The molecular weight excluding hydrogens is 384 g/mol. The number of hydrogen-bond acceptors (Lipinski definition) is 7. The van der Waals surface area contributed by atoms with Gasteiger partial charge in [0.05, 0.1) is 16.8 Å². The highest BCUT2D eigenvalue weighted by Gasteiger charge is 2.51. The zero-order valence-electron chi connectivity index (χ0n) is 16.3. The molecule has 0 radical (unpaired) electrons. The second kappa shape index (κ2) is 7.02. The number of carbonyl (C=O) groups is 1. The number of ether oxygens (including phenoxy) is 1. The average Bonchev–Trinajstić information content (AvgIpc) is 2.57. The number of nitrogens with one attached hydrogen (secondary N) is 1. The minimum Gasteiger partial charge on any atom is -0.490 e. The number of benzene rings is 1. The van der Waals surface area contributed by atoms with E-state index in [1.54, 1.807) is 18.2 Å². The standard InChI is InChI=1S/C18H28N4O5S/c1-17(2,3)18(9-4-5-10-22(18)16(23)24)11-27-13-8-6-7-12-14(13)15(19)21-28(25,26)20-12/h6-8,20,25-26H,4-5,9-11H2,1-3H3,(H2,19,21)(H,23,24). The van der Waals surface area contributed by atoms with Gasteiger partial charge >= 0.3 is 6.09 Å². The first-order valence-corrected chi connectivity index (χ1v) is 10.7. The van der Waals surface area contributed by atoms with Crippen molar-refractivity contribution < 1.29 is 23.7 Å². The highest BCUT2D eigenvalue weighted by molar-refractivity contribution is 8.24. The van der Waals surface area contributed by atoms with Crippen LogP contribution in [0.2, 0.25) is 0 Å². The Bertz CT molecular complexity index is 808. The Morgan fingerprint density at radius 3 is 2.75 bits per heavy atom. The summed E-state index contributed by atoms with van der Waals surface area (Å²) >= 11 is 0. The molecule has 1 amide bonds. The summed E-state index contributed by atoms with van der Waals surface area (Å²) in [5.74, 6) is 0.383. The minimum atomic E-state index is -3.38. The van der Waals surface area contributed by atoms with E-state index in [0.717, 1.165) is 12.8 Å². The summed E-state index contributed by atoms with van der Waals surface area (Å²) in [5.41, 5.74) is 5.75. The Morgan fingerprint density at radius 1 is 1.39 bits per heavy atom. The molecule has 3 rings (SSSR count). The van der Waals surface area contributed by atoms with Crippen molar-refractivity contribution in [2.45, 2.75) is 45.6 Å². The predicted octanol–water partition coefficient (Wildman–Crippen LogP) is 3.73. The number of rotatable bonds is 3. The maximum Gasteiger partial charge on any atom is 0.407 e. The first-order chi connectivity index (χ1) is 13.0. The number of piperidine rings is 1. The summed E-state index contributed by atoms with van der Waals surface area (Å²) in [6.07, 6.45) is 1.49. The zero-order valence-corrected chi connectivity index (χ0v) is 17.1. The van der Waals surface area contributed by atoms with Crippen molar-refractivity contribution in [3.8, 4) is 5.75 Å². The molecule has 2 aliphatic rings. The Balaban J connectivity index is 1.95. The minimum absolute atomic E-state index is 0.0344. The van der Waals surface area contributed by atoms with Crippen molar-refractivity contribution in [2.75, 3.05) is 17.9 Å². The molecule has 10 heteroatoms. The van der Waals surface area contributed by atoms with Crippen LogP contribution in [0.25, 0.3) is 0 Å². The van der Waals surface area contributed by atoms with E-state index in [-0.39, 0.29) is 17.9 Å². The number of anilines is 1. The molecular formula is C18H28N4O5S. The van der Waals surface area contributed by atoms with E-state index in [9.17, 15) is 19.0 Å². The average molecular weight is 413 g/mol. The van der Waals surface area contributed by atoms with Gasteiger partial charge in [-0.2, -0.15) is 0 Å². The quantitative estimate of drug-likeness (QED) is 0.509. The lowest BCUT2D eigenvalue weighted by Gasteiger charge is -2.53. The molecule has 1 atom stereocenters. The topological polar surface area (TPSA) is 141 Å². The molecule has 6 N–H and O–H groups in total. The van der Waals surface area contributed by atoms with Crippen LogP contribution in [0.3, 0.4) is 0 Å². The fourth-order valence-corrected chi connectivity index (χ4v) is 4.89. The fraction of sp³-hybridized carbons (Fsp3) is 0.556. The second-order valence-corrected chi connectivity index (χ2v) is 9.66. The Hall–Kier alpha value is -2.17. The van der Waals surface area contributed by atoms with Gasteiger partial charge in [0.25, 0.3) is 0 Å². The van der Waals surface area contributed by atoms with Crippen molar-refractivity contribution in [1.29, 1.82) is 0 Å². The van der Waals surface area contributed by atoms with Crippen LogP contribution in [0, 0.1) is 5.41 Å². The van der Waals surface area contributed by atoms with Crippen LogP contribution in [-0.2, 0) is 0 Å². The van der Waals surface area contributed by atoms with Crippen LogP contribution < -0.4 is 15.2 Å². The molecule has 0 bridgehead atoms. The number of nitrogens with two attached hydrogens (primary N) is 1. The molecule has 0 aliphatic carbocycles. The molecule has 1 fully saturated rings. The molecule has 0 saturated carbocycles. The van der Waals surface area contributed by atoms with E-state index in [4.69, 9.17) is 10.5 Å². The summed E-state index contributed by atoms with van der Waals surface area (Å²) in [6, 6.07) is 5.07. The Kier molecular flexibility index (Phi) is 5.15. The number of carboxylic acid groups (broad SMARTS) is 1. The third kappa shape index (κ3) is 3.59. The van der Waals surface area contributed by atoms with Gasteiger partial charge in [0.1, 0.15) is 12.4 Å². The first-order valence-electron chi connectivity index (χ1n) is 9.15. The van der Waals surface area contributed by atoms with E-state index in [2.05, 4.69) is 9.12 Å². The van der Waals surface area contributed by atoms with Crippen molar-refractivity contribution in [1.82, 2.24) is 4.90 Å². The largest absolute Gasteiger partial charge is 0.490 e. The maximum atomic E-state index is 12.0. The van der Waals surface area contributed by atoms with Crippen LogP contribution in [0.1, 0.15) is 45.6 Å². The van der Waals surface area contributed by atoms with Crippen molar-refractivity contribution >= 4 is 28.6 Å². The van der Waals surface area contributed by atoms with Crippen LogP contribution in [0.15, 0.2) is 22.6 Å². The van der Waals surface area contributed by atoms with Gasteiger partial charge in [-0.15, -0.1) is 4.40 Å². The van der Waals surface area contributed by atoms with E-state index >= 15 is 0 Å². The summed E-state index contributed by atoms with van der Waals surface area (Å²) in [7, 11) is -3.38. The number of hydrogen-bond donors (Lipinski definition) is 5. The molecule has 1 aromatic carbocycles. The van der Waals surface area contributed by atoms with E-state index in [1.165, 1.54) is 4.90 Å². The predicted molar refractivity (Wildman–Crippen MR) is 110 cm³/mol. The summed E-state index contributed by atoms with van der Waals surface area (Å²) in [6.45, 7) is 6.68. The smallest absolute Gasteiger partial charge is 0.407 e. The Labute approximate surface area is 166 Å². The molecule has 156 valence electrons. The highest BCUT2D eigenvalue weighted by Crippen LogP contribution is 2.48. The molecule has 0 aromatic heterocycles. The number of nitrogens with zero attached hydrogens (tertiary/aromatic N) is 2. The maximum absolute atomic E-state index is 12.0. The molecule has 1 saturated heterocycles. The van der Waals surface area contributed by atoms with Crippen molar-refractivity contribution in [2.24, 2.45) is 15.5 Å². The molecule has 0 spiro atoms. The zero-order chi connectivity index (χ0) is 20.7. The third-order valence-corrected chi connectivity index (χ3v) is 6.53. The fourth-order valence-electron chi connectivity index (χ4n) is 4.01. The molecule has 9 nitrogen and oxygen atoms in total. The van der Waals surface area contributed by atoms with E-state index < -0.39 is 22.6 Å². The summed E-state index contributed by atoms with van der Waals surface area (Å²) in [5, 5.41) is 9.79. The van der Waals surface area contributed by atoms with E-state index in [1.807, 2.05) is 20.8 Å². The monoisotopic (exact) mass is 412 g/mol. The van der Waals surface area contributed by atoms with E-state index in [0.29, 0.717) is 30.0 Å². The van der Waals surface area contributed by atoms with Crippen LogP contribution in [0.5, 0.6) is 5.75 Å². The normalized spacial score (nSPS) is 25.2. The number of amidine groups is 1. The van der Waals surface area contributed by atoms with Gasteiger partial charge in [-0.25, -0.2) is 4.79 Å². The molecule has 1 unspecified atom stereocenters. The molecule has 1 aromatic rings. The van der Waals surface area contributed by atoms with Crippen LogP contribution >= 0.6 is 11.0 Å². The Morgan fingerprint density at radius 2 is 2.11 bits per heavy atom. The van der Waals surface area contributed by atoms with Crippen LogP contribution in [0.4, 0.5) is 10.5 Å². The van der Waals surface area contributed by atoms with Gasteiger partial charge in [0.15, 0.2) is 5.84 Å². The van der Waals surface area contributed by atoms with Gasteiger partial charge < -0.3 is 15.6 Å². The number of fused-ring (bicyclic) bond motifs is 1. The summed E-state index contributed by atoms with van der Waals surface area (Å²) < 4.78 is 32.0. The van der Waals surface area contributed by atoms with Crippen LogP contribution in [-0.4, -0.2) is 49.7 Å². The highest BCUT2D eigenvalue weighted by atomic mass is 32.3. The number of likely N-dealkylation sites (tertiary alicyclic amines) is 1. The lowest BCUT2D eigenvalue weighted by Crippen LogP contribution is -2.64. The lowest BCUT2D eigenvalue weighted by molar-refractivity contribution is -0.0525. The van der Waals surface area contributed by atoms with Crippen molar-refractivity contribution in [3.05, 3.63) is 23.8 Å². The second-order valence-electron chi connectivity index (χ2n) is 8.24. The van der Waals surface area contributed by atoms with Gasteiger partial charge in [0.2, 0.25) is 0 Å². The first kappa shape index (κ1) is 20.6. The SMILES string of the molecule is CC(C)(C)C1(COc2cccc3c2C(N)=NS(O)(O)N3)CCCCN1C(=O)O. The van der Waals surface area contributed by atoms with Gasteiger partial charge in [0, 0.05) is 6.54 Å².